The largest absolute Gasteiger partial charge is 0.378 e. The van der Waals surface area contributed by atoms with Gasteiger partial charge in [0.2, 0.25) is 0 Å². The maximum atomic E-state index is 4.75. The first-order chi connectivity index (χ1) is 8.83. The van der Waals surface area contributed by atoms with Gasteiger partial charge in [-0.3, -0.25) is 0 Å². The Hall–Kier alpha value is -1.35. The van der Waals surface area contributed by atoms with E-state index in [4.69, 9.17) is 4.98 Å². The van der Waals surface area contributed by atoms with Crippen LogP contribution in [0.2, 0.25) is 0 Å². The summed E-state index contributed by atoms with van der Waals surface area (Å²) in [7, 11) is 0. The predicted molar refractivity (Wildman–Crippen MR) is 77.3 cm³/mol. The van der Waals surface area contributed by atoms with Crippen LogP contribution < -0.4 is 5.32 Å². The lowest BCUT2D eigenvalue weighted by Gasteiger charge is -2.07. The molecule has 1 heterocycles. The van der Waals surface area contributed by atoms with Crippen LogP contribution in [-0.2, 0) is 19.4 Å². The number of aryl methyl sites for hydroxylation is 3. The highest BCUT2D eigenvalue weighted by Gasteiger charge is 2.14. The van der Waals surface area contributed by atoms with E-state index in [9.17, 15) is 0 Å². The van der Waals surface area contributed by atoms with Gasteiger partial charge in [0.1, 0.15) is 5.01 Å². The van der Waals surface area contributed by atoms with E-state index >= 15 is 0 Å². The summed E-state index contributed by atoms with van der Waals surface area (Å²) in [5.41, 5.74) is 3.86. The SMILES string of the molecule is Cc1ccccc1NCc1nc2c(s1)CCCC2. The van der Waals surface area contributed by atoms with Crippen molar-refractivity contribution in [1.29, 1.82) is 0 Å². The Bertz CT molecular complexity index is 522. The Morgan fingerprint density at radius 2 is 2.06 bits per heavy atom. The van der Waals surface area contributed by atoms with Crippen molar-refractivity contribution in [2.24, 2.45) is 0 Å². The van der Waals surface area contributed by atoms with Gasteiger partial charge in [-0.2, -0.15) is 0 Å². The Morgan fingerprint density at radius 3 is 2.89 bits per heavy atom. The lowest BCUT2D eigenvalue weighted by Crippen LogP contribution is -2.01. The third-order valence-electron chi connectivity index (χ3n) is 3.47. The highest BCUT2D eigenvalue weighted by Crippen LogP contribution is 2.27. The van der Waals surface area contributed by atoms with Gasteiger partial charge in [-0.15, -0.1) is 11.3 Å². The van der Waals surface area contributed by atoms with Crippen LogP contribution in [0.4, 0.5) is 5.69 Å². The van der Waals surface area contributed by atoms with Gasteiger partial charge in [-0.05, 0) is 44.2 Å². The maximum absolute atomic E-state index is 4.75. The van der Waals surface area contributed by atoms with E-state index in [0.29, 0.717) is 0 Å². The smallest absolute Gasteiger partial charge is 0.112 e. The number of hydrogen-bond donors (Lipinski definition) is 1. The molecule has 0 saturated carbocycles. The highest BCUT2D eigenvalue weighted by atomic mass is 32.1. The molecular weight excluding hydrogens is 240 g/mol. The van der Waals surface area contributed by atoms with E-state index in [0.717, 1.165) is 6.54 Å². The van der Waals surface area contributed by atoms with E-state index < -0.39 is 0 Å². The molecule has 94 valence electrons. The number of rotatable bonds is 3. The van der Waals surface area contributed by atoms with Crippen molar-refractivity contribution < 1.29 is 0 Å². The topological polar surface area (TPSA) is 24.9 Å². The van der Waals surface area contributed by atoms with Crippen LogP contribution in [0.1, 0.15) is 34.0 Å². The molecule has 0 radical (unpaired) electrons. The molecule has 18 heavy (non-hydrogen) atoms. The number of fused-ring (bicyclic) bond motifs is 1. The summed E-state index contributed by atoms with van der Waals surface area (Å²) < 4.78 is 0. The van der Waals surface area contributed by atoms with Crippen molar-refractivity contribution in [2.45, 2.75) is 39.2 Å². The van der Waals surface area contributed by atoms with Crippen molar-refractivity contribution in [1.82, 2.24) is 4.98 Å². The van der Waals surface area contributed by atoms with E-state index in [1.54, 1.807) is 0 Å². The van der Waals surface area contributed by atoms with Gasteiger partial charge in [-0.25, -0.2) is 4.98 Å². The average Bonchev–Trinajstić information content (AvgIpc) is 2.80. The quantitative estimate of drug-likeness (QED) is 0.902. The third-order valence-corrected chi connectivity index (χ3v) is 4.62. The minimum absolute atomic E-state index is 0.850. The monoisotopic (exact) mass is 258 g/mol. The third kappa shape index (κ3) is 2.41. The first kappa shape index (κ1) is 11.7. The Morgan fingerprint density at radius 1 is 1.22 bits per heavy atom. The van der Waals surface area contributed by atoms with Crippen LogP contribution in [0.3, 0.4) is 0 Å². The fraction of sp³-hybridized carbons (Fsp3) is 0.400. The number of para-hydroxylation sites is 1. The first-order valence-electron chi connectivity index (χ1n) is 6.60. The zero-order valence-corrected chi connectivity index (χ0v) is 11.5. The summed E-state index contributed by atoms with van der Waals surface area (Å²) in [6.07, 6.45) is 5.05. The number of aromatic nitrogens is 1. The summed E-state index contributed by atoms with van der Waals surface area (Å²) in [6.45, 7) is 2.98. The zero-order valence-electron chi connectivity index (χ0n) is 10.7. The number of nitrogens with zero attached hydrogens (tertiary/aromatic N) is 1. The van der Waals surface area contributed by atoms with E-state index in [2.05, 4.69) is 36.5 Å². The van der Waals surface area contributed by atoms with E-state index in [-0.39, 0.29) is 0 Å². The van der Waals surface area contributed by atoms with Gasteiger partial charge in [0.15, 0.2) is 0 Å². The second-order valence-electron chi connectivity index (χ2n) is 4.85. The van der Waals surface area contributed by atoms with Crippen LogP contribution in [0, 0.1) is 6.92 Å². The summed E-state index contributed by atoms with van der Waals surface area (Å²) in [4.78, 5) is 6.27. The van der Waals surface area contributed by atoms with Crippen molar-refractivity contribution in [2.75, 3.05) is 5.32 Å². The second kappa shape index (κ2) is 5.11. The summed E-state index contributed by atoms with van der Waals surface area (Å²) in [6, 6.07) is 8.41. The first-order valence-corrected chi connectivity index (χ1v) is 7.41. The molecule has 1 aliphatic rings. The number of nitrogens with one attached hydrogen (secondary N) is 1. The standard InChI is InChI=1S/C15H18N2S/c1-11-6-2-3-7-12(11)16-10-15-17-13-8-4-5-9-14(13)18-15/h2-3,6-7,16H,4-5,8-10H2,1H3. The molecule has 2 aromatic rings. The van der Waals surface area contributed by atoms with Gasteiger partial charge in [-0.1, -0.05) is 18.2 Å². The lowest BCUT2D eigenvalue weighted by atomic mass is 10.0. The molecule has 3 heteroatoms. The number of anilines is 1. The number of hydrogen-bond acceptors (Lipinski definition) is 3. The van der Waals surface area contributed by atoms with Crippen LogP contribution >= 0.6 is 11.3 Å². The molecule has 0 amide bonds. The van der Waals surface area contributed by atoms with Gasteiger partial charge >= 0.3 is 0 Å². The maximum Gasteiger partial charge on any atom is 0.112 e. The molecule has 3 rings (SSSR count). The van der Waals surface area contributed by atoms with Crippen molar-refractivity contribution in [3.8, 4) is 0 Å². The molecule has 0 spiro atoms. The van der Waals surface area contributed by atoms with Crippen molar-refractivity contribution >= 4 is 17.0 Å². The molecule has 1 aromatic heterocycles. The molecule has 1 aliphatic carbocycles. The molecule has 1 N–H and O–H groups in total. The molecule has 0 unspecified atom stereocenters. The summed E-state index contributed by atoms with van der Waals surface area (Å²) in [5, 5.41) is 4.71. The fourth-order valence-corrected chi connectivity index (χ4v) is 3.52. The minimum atomic E-state index is 0.850. The van der Waals surface area contributed by atoms with Gasteiger partial charge in [0.05, 0.1) is 12.2 Å². The Kier molecular flexibility index (Phi) is 3.33. The molecule has 0 fully saturated rings. The van der Waals surface area contributed by atoms with Gasteiger partial charge in [0, 0.05) is 10.6 Å². The zero-order chi connectivity index (χ0) is 12.4. The summed E-state index contributed by atoms with van der Waals surface area (Å²) in [5.74, 6) is 0. The van der Waals surface area contributed by atoms with E-state index in [1.807, 2.05) is 11.3 Å². The Balaban J connectivity index is 1.70. The highest BCUT2D eigenvalue weighted by molar-refractivity contribution is 7.11. The average molecular weight is 258 g/mol. The predicted octanol–water partition coefficient (Wildman–Crippen LogP) is 3.94. The summed E-state index contributed by atoms with van der Waals surface area (Å²) >= 11 is 1.89. The molecule has 0 bridgehead atoms. The van der Waals surface area contributed by atoms with Crippen LogP contribution in [0.5, 0.6) is 0 Å². The van der Waals surface area contributed by atoms with Crippen LogP contribution in [0.25, 0.3) is 0 Å². The molecule has 0 atom stereocenters. The minimum Gasteiger partial charge on any atom is -0.378 e. The normalized spacial score (nSPS) is 14.3. The molecule has 1 aromatic carbocycles. The second-order valence-corrected chi connectivity index (χ2v) is 6.02. The van der Waals surface area contributed by atoms with E-state index in [1.165, 1.54) is 52.5 Å². The Labute approximate surface area is 112 Å². The molecule has 0 saturated heterocycles. The molecule has 0 aliphatic heterocycles. The number of thiazole rings is 1. The molecular formula is C15H18N2S. The number of benzene rings is 1. The van der Waals surface area contributed by atoms with Crippen molar-refractivity contribution in [3.63, 3.8) is 0 Å². The van der Waals surface area contributed by atoms with Crippen molar-refractivity contribution in [3.05, 3.63) is 45.4 Å². The van der Waals surface area contributed by atoms with Crippen LogP contribution in [-0.4, -0.2) is 4.98 Å². The van der Waals surface area contributed by atoms with Crippen LogP contribution in [0.15, 0.2) is 24.3 Å². The fourth-order valence-electron chi connectivity index (χ4n) is 2.42. The van der Waals surface area contributed by atoms with Gasteiger partial charge < -0.3 is 5.32 Å². The van der Waals surface area contributed by atoms with Gasteiger partial charge in [0.25, 0.3) is 0 Å². The molecule has 2 nitrogen and oxygen atoms in total. The lowest BCUT2D eigenvalue weighted by molar-refractivity contribution is 0.681.